The maximum Gasteiger partial charge on any atom is 0.257 e. The minimum absolute atomic E-state index is 0.0591. The first-order chi connectivity index (χ1) is 12.0. The summed E-state index contributed by atoms with van der Waals surface area (Å²) < 4.78 is 7.65. The van der Waals surface area contributed by atoms with Crippen LogP contribution in [0.2, 0.25) is 0 Å². The van der Waals surface area contributed by atoms with Gasteiger partial charge in [0.25, 0.3) is 5.91 Å². The Morgan fingerprint density at radius 1 is 1.40 bits per heavy atom. The summed E-state index contributed by atoms with van der Waals surface area (Å²) in [7, 11) is 0. The molecule has 0 saturated heterocycles. The normalized spacial score (nSPS) is 24.2. The third kappa shape index (κ3) is 2.38. The summed E-state index contributed by atoms with van der Waals surface area (Å²) in [6, 6.07) is 2.17. The van der Waals surface area contributed by atoms with E-state index < -0.39 is 0 Å². The van der Waals surface area contributed by atoms with Crippen LogP contribution in [0.25, 0.3) is 5.65 Å². The number of aryl methyl sites for hydroxylation is 3. The van der Waals surface area contributed by atoms with Crippen LogP contribution in [-0.4, -0.2) is 39.3 Å². The van der Waals surface area contributed by atoms with Crippen molar-refractivity contribution in [3.8, 4) is 0 Å². The third-order valence-corrected chi connectivity index (χ3v) is 6.04. The van der Waals surface area contributed by atoms with Gasteiger partial charge in [-0.25, -0.2) is 9.50 Å². The largest absolute Gasteiger partial charge is 0.378 e. The van der Waals surface area contributed by atoms with Gasteiger partial charge in [0.2, 0.25) is 0 Å². The molecule has 2 aromatic rings. The van der Waals surface area contributed by atoms with E-state index in [0.29, 0.717) is 17.3 Å². The highest BCUT2D eigenvalue weighted by molar-refractivity contribution is 6.01. The Bertz CT molecular complexity index is 838. The number of nitrogens with zero attached hydrogens (tertiary/aromatic N) is 3. The van der Waals surface area contributed by atoms with Crippen LogP contribution < -0.4 is 5.32 Å². The molecule has 1 N–H and O–H groups in total. The van der Waals surface area contributed by atoms with Gasteiger partial charge in [-0.1, -0.05) is 6.42 Å². The minimum Gasteiger partial charge on any atom is -0.378 e. The molecule has 2 atom stereocenters. The van der Waals surface area contributed by atoms with E-state index in [1.807, 2.05) is 33.8 Å². The summed E-state index contributed by atoms with van der Waals surface area (Å²) >= 11 is 0. The van der Waals surface area contributed by atoms with Gasteiger partial charge in [-0.15, -0.1) is 0 Å². The molecule has 4 rings (SSSR count). The highest BCUT2D eigenvalue weighted by Crippen LogP contribution is 2.57. The van der Waals surface area contributed by atoms with Gasteiger partial charge in [0.15, 0.2) is 5.65 Å². The lowest BCUT2D eigenvalue weighted by Gasteiger charge is -2.60. The van der Waals surface area contributed by atoms with E-state index in [0.717, 1.165) is 43.0 Å². The molecule has 2 aliphatic carbocycles. The van der Waals surface area contributed by atoms with Crippen LogP contribution in [0, 0.1) is 26.2 Å². The van der Waals surface area contributed by atoms with Gasteiger partial charge in [0, 0.05) is 29.5 Å². The zero-order chi connectivity index (χ0) is 17.8. The number of hydrogen-bond acceptors (Lipinski definition) is 4. The van der Waals surface area contributed by atoms with Crippen LogP contribution >= 0.6 is 0 Å². The Kier molecular flexibility index (Phi) is 3.83. The molecule has 2 heterocycles. The second-order valence-electron chi connectivity index (χ2n) is 7.53. The van der Waals surface area contributed by atoms with Crippen molar-refractivity contribution < 1.29 is 9.53 Å². The van der Waals surface area contributed by atoms with Crippen molar-refractivity contribution in [2.45, 2.75) is 65.5 Å². The maximum atomic E-state index is 13.0. The number of ether oxygens (including phenoxy) is 1. The minimum atomic E-state index is -0.0591. The average Bonchev–Trinajstić information content (AvgIpc) is 2.80. The van der Waals surface area contributed by atoms with Gasteiger partial charge in [-0.2, -0.15) is 5.10 Å². The second kappa shape index (κ2) is 5.80. The number of carbonyl (C=O) groups excluding carboxylic acids is 1. The highest BCUT2D eigenvalue weighted by Gasteiger charge is 2.59. The predicted molar refractivity (Wildman–Crippen MR) is 94.8 cm³/mol. The third-order valence-electron chi connectivity index (χ3n) is 6.04. The maximum absolute atomic E-state index is 13.0. The Balaban J connectivity index is 1.60. The molecule has 0 unspecified atom stereocenters. The Morgan fingerprint density at radius 2 is 2.16 bits per heavy atom. The zero-order valence-corrected chi connectivity index (χ0v) is 15.4. The van der Waals surface area contributed by atoms with Gasteiger partial charge in [-0.3, -0.25) is 4.79 Å². The van der Waals surface area contributed by atoms with Gasteiger partial charge in [0.05, 0.1) is 11.8 Å². The molecule has 0 aromatic carbocycles. The van der Waals surface area contributed by atoms with E-state index in [-0.39, 0.29) is 17.4 Å². The first-order valence-corrected chi connectivity index (χ1v) is 9.22. The number of amides is 1. The highest BCUT2D eigenvalue weighted by atomic mass is 16.5. The van der Waals surface area contributed by atoms with Gasteiger partial charge in [-0.05, 0) is 53.0 Å². The van der Waals surface area contributed by atoms with Crippen molar-refractivity contribution in [2.75, 3.05) is 6.61 Å². The molecule has 25 heavy (non-hydrogen) atoms. The van der Waals surface area contributed by atoms with E-state index >= 15 is 0 Å². The lowest BCUT2D eigenvalue weighted by molar-refractivity contribution is -0.169. The van der Waals surface area contributed by atoms with Crippen molar-refractivity contribution in [1.82, 2.24) is 19.9 Å². The Hall–Kier alpha value is -1.95. The van der Waals surface area contributed by atoms with E-state index in [4.69, 9.17) is 4.74 Å². The summed E-state index contributed by atoms with van der Waals surface area (Å²) in [5, 5.41) is 7.77. The fraction of sp³-hybridized carbons (Fsp3) is 0.632. The van der Waals surface area contributed by atoms with Crippen molar-refractivity contribution in [2.24, 2.45) is 5.41 Å². The smallest absolute Gasteiger partial charge is 0.257 e. The Morgan fingerprint density at radius 3 is 2.80 bits per heavy atom. The fourth-order valence-corrected chi connectivity index (χ4v) is 4.56. The molecule has 0 aliphatic heterocycles. The number of hydrogen-bond donors (Lipinski definition) is 1. The van der Waals surface area contributed by atoms with Crippen LogP contribution in [0.15, 0.2) is 6.07 Å². The second-order valence-corrected chi connectivity index (χ2v) is 7.53. The summed E-state index contributed by atoms with van der Waals surface area (Å²) in [6.07, 6.45) is 4.72. The number of carbonyl (C=O) groups is 1. The number of nitrogens with one attached hydrogen (secondary N) is 1. The summed E-state index contributed by atoms with van der Waals surface area (Å²) in [5.74, 6) is -0.0591. The van der Waals surface area contributed by atoms with Crippen LogP contribution in [0.3, 0.4) is 0 Å². The van der Waals surface area contributed by atoms with Gasteiger partial charge >= 0.3 is 0 Å². The molecule has 1 amide bonds. The molecule has 2 aliphatic rings. The number of fused-ring (bicyclic) bond motifs is 1. The number of rotatable bonds is 4. The van der Waals surface area contributed by atoms with Crippen LogP contribution in [0.5, 0.6) is 0 Å². The number of aromatic nitrogens is 3. The fourth-order valence-electron chi connectivity index (χ4n) is 4.56. The van der Waals surface area contributed by atoms with E-state index in [1.165, 1.54) is 6.42 Å². The van der Waals surface area contributed by atoms with Crippen LogP contribution in [-0.2, 0) is 4.74 Å². The SMILES string of the molecule is CCO[C@H]1C[C@@H](NC(=O)c2c(C)nn3c(C)cc(C)nc23)C12CCC2. The first kappa shape index (κ1) is 16.5. The molecular formula is C19H26N4O2. The predicted octanol–water partition coefficient (Wildman–Crippen LogP) is 2.73. The van der Waals surface area contributed by atoms with E-state index in [2.05, 4.69) is 15.4 Å². The van der Waals surface area contributed by atoms with Crippen molar-refractivity contribution in [1.29, 1.82) is 0 Å². The average molecular weight is 342 g/mol. The molecule has 2 fully saturated rings. The van der Waals surface area contributed by atoms with Crippen molar-refractivity contribution in [3.63, 3.8) is 0 Å². The van der Waals surface area contributed by atoms with E-state index in [9.17, 15) is 4.79 Å². The monoisotopic (exact) mass is 342 g/mol. The standard InChI is InChI=1S/C19H26N4O2/c1-5-25-15-10-14(19(15)7-6-8-19)21-18(24)16-13(4)22-23-12(3)9-11(2)20-17(16)23/h9,14-15H,5-8,10H2,1-4H3,(H,21,24)/t14-,15+/m1/s1. The van der Waals surface area contributed by atoms with Gasteiger partial charge < -0.3 is 10.1 Å². The molecule has 134 valence electrons. The van der Waals surface area contributed by atoms with Crippen molar-refractivity contribution >= 4 is 11.6 Å². The first-order valence-electron chi connectivity index (χ1n) is 9.22. The molecule has 2 aromatic heterocycles. The summed E-state index contributed by atoms with van der Waals surface area (Å²) in [6.45, 7) is 8.58. The zero-order valence-electron chi connectivity index (χ0n) is 15.4. The molecule has 6 heteroatoms. The molecular weight excluding hydrogens is 316 g/mol. The van der Waals surface area contributed by atoms with Crippen molar-refractivity contribution in [3.05, 3.63) is 28.7 Å². The molecule has 0 bridgehead atoms. The topological polar surface area (TPSA) is 68.5 Å². The molecule has 2 saturated carbocycles. The summed E-state index contributed by atoms with van der Waals surface area (Å²) in [5.41, 5.74) is 4.01. The molecule has 6 nitrogen and oxygen atoms in total. The van der Waals surface area contributed by atoms with E-state index in [1.54, 1.807) is 4.52 Å². The quantitative estimate of drug-likeness (QED) is 0.928. The molecule has 0 radical (unpaired) electrons. The molecule has 1 spiro atoms. The van der Waals surface area contributed by atoms with Crippen LogP contribution in [0.1, 0.15) is 60.0 Å². The Labute approximate surface area is 148 Å². The van der Waals surface area contributed by atoms with Gasteiger partial charge in [0.1, 0.15) is 5.56 Å². The van der Waals surface area contributed by atoms with Crippen LogP contribution in [0.4, 0.5) is 0 Å². The lowest BCUT2D eigenvalue weighted by Crippen LogP contribution is -2.67. The summed E-state index contributed by atoms with van der Waals surface area (Å²) in [4.78, 5) is 17.6. The lowest BCUT2D eigenvalue weighted by atomic mass is 9.51.